The predicted molar refractivity (Wildman–Crippen MR) is 112 cm³/mol. The van der Waals surface area contributed by atoms with Crippen molar-refractivity contribution in [2.45, 2.75) is 10.9 Å². The van der Waals surface area contributed by atoms with Gasteiger partial charge in [0.05, 0.1) is 11.5 Å². The summed E-state index contributed by atoms with van der Waals surface area (Å²) in [5.41, 5.74) is 0.933. The smallest absolute Gasteiger partial charge is 0.252 e. The van der Waals surface area contributed by atoms with E-state index in [1.165, 1.54) is 43.5 Å². The van der Waals surface area contributed by atoms with Crippen LogP contribution >= 0.6 is 0 Å². The molecule has 1 amide bonds. The number of methoxy groups -OCH3 is 1. The minimum atomic E-state index is -3.70. The molecule has 31 heavy (non-hydrogen) atoms. The number of hydrogen-bond acceptors (Lipinski definition) is 5. The van der Waals surface area contributed by atoms with E-state index in [1.807, 2.05) is 0 Å². The Kier molecular flexibility index (Phi) is 7.16. The molecule has 0 fully saturated rings. The SMILES string of the molecule is COCCNS(=O)(=O)c1ccc(C(=O)N[C@H](c2ccc(F)cc2)c2nccn2C)cc1. The van der Waals surface area contributed by atoms with Crippen molar-refractivity contribution in [1.29, 1.82) is 0 Å². The zero-order valence-electron chi connectivity index (χ0n) is 17.1. The maximum absolute atomic E-state index is 13.4. The molecule has 1 atom stereocenters. The third-order valence-corrected chi connectivity index (χ3v) is 6.10. The van der Waals surface area contributed by atoms with Gasteiger partial charge < -0.3 is 14.6 Å². The average molecular weight is 447 g/mol. The van der Waals surface area contributed by atoms with Crippen LogP contribution in [-0.4, -0.2) is 44.1 Å². The van der Waals surface area contributed by atoms with Crippen LogP contribution in [0, 0.1) is 5.82 Å². The van der Waals surface area contributed by atoms with E-state index in [9.17, 15) is 17.6 Å². The highest BCUT2D eigenvalue weighted by Gasteiger charge is 2.22. The number of benzene rings is 2. The Hall–Kier alpha value is -3.08. The lowest BCUT2D eigenvalue weighted by molar-refractivity contribution is 0.0941. The lowest BCUT2D eigenvalue weighted by Crippen LogP contribution is -2.31. The van der Waals surface area contributed by atoms with Crippen molar-refractivity contribution in [2.24, 2.45) is 7.05 Å². The van der Waals surface area contributed by atoms with Gasteiger partial charge in [0, 0.05) is 38.7 Å². The van der Waals surface area contributed by atoms with Gasteiger partial charge in [-0.3, -0.25) is 4.79 Å². The number of hydrogen-bond donors (Lipinski definition) is 2. The van der Waals surface area contributed by atoms with Gasteiger partial charge in [0.25, 0.3) is 5.91 Å². The van der Waals surface area contributed by atoms with Crippen LogP contribution < -0.4 is 10.0 Å². The summed E-state index contributed by atoms with van der Waals surface area (Å²) in [5, 5.41) is 2.89. The fraction of sp³-hybridized carbons (Fsp3) is 0.238. The number of imidazole rings is 1. The number of ether oxygens (including phenoxy) is 1. The Balaban J connectivity index is 1.80. The van der Waals surface area contributed by atoms with Crippen molar-refractivity contribution in [2.75, 3.05) is 20.3 Å². The molecule has 10 heteroatoms. The van der Waals surface area contributed by atoms with Gasteiger partial charge in [0.2, 0.25) is 10.0 Å². The second-order valence-corrected chi connectivity index (χ2v) is 8.54. The highest BCUT2D eigenvalue weighted by molar-refractivity contribution is 7.89. The van der Waals surface area contributed by atoms with Crippen LogP contribution in [0.15, 0.2) is 65.8 Å². The maximum atomic E-state index is 13.4. The third-order valence-electron chi connectivity index (χ3n) is 4.62. The maximum Gasteiger partial charge on any atom is 0.252 e. The first-order valence-electron chi connectivity index (χ1n) is 9.44. The predicted octanol–water partition coefficient (Wildman–Crippen LogP) is 2.00. The Bertz CT molecular complexity index is 1130. The second kappa shape index (κ2) is 9.82. The number of aryl methyl sites for hydroxylation is 1. The monoisotopic (exact) mass is 446 g/mol. The number of amides is 1. The van der Waals surface area contributed by atoms with E-state index in [0.29, 0.717) is 11.4 Å². The molecule has 0 bridgehead atoms. The summed E-state index contributed by atoms with van der Waals surface area (Å²) in [6.45, 7) is 0.391. The Morgan fingerprint density at radius 3 is 2.42 bits per heavy atom. The first-order valence-corrected chi connectivity index (χ1v) is 10.9. The van der Waals surface area contributed by atoms with Gasteiger partial charge in [0.15, 0.2) is 0 Å². The molecule has 8 nitrogen and oxygen atoms in total. The van der Waals surface area contributed by atoms with Crippen LogP contribution in [-0.2, 0) is 21.8 Å². The summed E-state index contributed by atoms with van der Waals surface area (Å²) in [5.74, 6) is -0.236. The highest BCUT2D eigenvalue weighted by atomic mass is 32.2. The summed E-state index contributed by atoms with van der Waals surface area (Å²) in [6, 6.07) is 10.7. The van der Waals surface area contributed by atoms with E-state index in [0.717, 1.165) is 0 Å². The fourth-order valence-electron chi connectivity index (χ4n) is 2.97. The number of halogens is 1. The molecule has 3 aromatic rings. The number of carbonyl (C=O) groups is 1. The lowest BCUT2D eigenvalue weighted by Gasteiger charge is -2.19. The van der Waals surface area contributed by atoms with E-state index >= 15 is 0 Å². The number of sulfonamides is 1. The second-order valence-electron chi connectivity index (χ2n) is 6.77. The number of carbonyl (C=O) groups excluding carboxylic acids is 1. The number of aromatic nitrogens is 2. The first kappa shape index (κ1) is 22.6. The minimum absolute atomic E-state index is 0.0411. The molecule has 0 aliphatic carbocycles. The van der Waals surface area contributed by atoms with Crippen LogP contribution in [0.25, 0.3) is 0 Å². The van der Waals surface area contributed by atoms with Gasteiger partial charge in [-0.1, -0.05) is 12.1 Å². The van der Waals surface area contributed by atoms with E-state index in [-0.39, 0.29) is 29.4 Å². The zero-order chi connectivity index (χ0) is 22.4. The van der Waals surface area contributed by atoms with Crippen molar-refractivity contribution in [3.05, 3.63) is 83.7 Å². The van der Waals surface area contributed by atoms with Crippen LogP contribution in [0.3, 0.4) is 0 Å². The molecule has 0 aliphatic rings. The van der Waals surface area contributed by atoms with Gasteiger partial charge in [0.1, 0.15) is 17.7 Å². The molecule has 0 unspecified atom stereocenters. The van der Waals surface area contributed by atoms with E-state index < -0.39 is 22.0 Å². The lowest BCUT2D eigenvalue weighted by atomic mass is 10.1. The summed E-state index contributed by atoms with van der Waals surface area (Å²) >= 11 is 0. The van der Waals surface area contributed by atoms with Gasteiger partial charge in [-0.25, -0.2) is 22.5 Å². The molecule has 0 spiro atoms. The van der Waals surface area contributed by atoms with Gasteiger partial charge >= 0.3 is 0 Å². The summed E-state index contributed by atoms with van der Waals surface area (Å²) in [7, 11) is -0.426. The van der Waals surface area contributed by atoms with Crippen molar-refractivity contribution in [3.63, 3.8) is 0 Å². The van der Waals surface area contributed by atoms with E-state index in [2.05, 4.69) is 15.0 Å². The van der Waals surface area contributed by atoms with Crippen molar-refractivity contribution in [3.8, 4) is 0 Å². The van der Waals surface area contributed by atoms with Gasteiger partial charge in [-0.2, -0.15) is 0 Å². The molecular weight excluding hydrogens is 423 g/mol. The van der Waals surface area contributed by atoms with Crippen LogP contribution in [0.2, 0.25) is 0 Å². The Labute approximate surface area is 180 Å². The topological polar surface area (TPSA) is 102 Å². The summed E-state index contributed by atoms with van der Waals surface area (Å²) < 4.78 is 46.9. The Morgan fingerprint density at radius 1 is 1.16 bits per heavy atom. The standard InChI is InChI=1S/C21H23FN4O4S/c1-26-13-11-23-20(26)19(15-3-7-17(22)8-4-15)25-21(27)16-5-9-18(10-6-16)31(28,29)24-12-14-30-2/h3-11,13,19,24H,12,14H2,1-2H3,(H,25,27)/t19-/m1/s1. The molecule has 1 aromatic heterocycles. The van der Waals surface area contributed by atoms with Crippen molar-refractivity contribution >= 4 is 15.9 Å². The number of nitrogens with one attached hydrogen (secondary N) is 2. The van der Waals surface area contributed by atoms with Gasteiger partial charge in [-0.15, -0.1) is 0 Å². The van der Waals surface area contributed by atoms with Crippen molar-refractivity contribution in [1.82, 2.24) is 19.6 Å². The molecule has 3 rings (SSSR count). The molecule has 2 N–H and O–H groups in total. The van der Waals surface area contributed by atoms with E-state index in [4.69, 9.17) is 4.74 Å². The van der Waals surface area contributed by atoms with E-state index in [1.54, 1.807) is 36.1 Å². The highest BCUT2D eigenvalue weighted by Crippen LogP contribution is 2.22. The zero-order valence-corrected chi connectivity index (χ0v) is 17.9. The quantitative estimate of drug-likeness (QED) is 0.490. The van der Waals surface area contributed by atoms with Crippen molar-refractivity contribution < 1.29 is 22.3 Å². The summed E-state index contributed by atoms with van der Waals surface area (Å²) in [4.78, 5) is 17.2. The summed E-state index contributed by atoms with van der Waals surface area (Å²) in [6.07, 6.45) is 3.35. The molecular formula is C21H23FN4O4S. The van der Waals surface area contributed by atoms with Gasteiger partial charge in [-0.05, 0) is 42.0 Å². The molecule has 2 aromatic carbocycles. The largest absolute Gasteiger partial charge is 0.383 e. The van der Waals surface area contributed by atoms with Crippen LogP contribution in [0.4, 0.5) is 4.39 Å². The molecule has 0 saturated heterocycles. The third kappa shape index (κ3) is 5.54. The molecule has 0 aliphatic heterocycles. The number of nitrogens with zero attached hydrogens (tertiary/aromatic N) is 2. The molecule has 164 valence electrons. The minimum Gasteiger partial charge on any atom is -0.383 e. The molecule has 0 radical (unpaired) electrons. The average Bonchev–Trinajstić information content (AvgIpc) is 3.18. The number of rotatable bonds is 9. The first-order chi connectivity index (χ1) is 14.8. The molecule has 1 heterocycles. The van der Waals surface area contributed by atoms with Crippen LogP contribution in [0.5, 0.6) is 0 Å². The fourth-order valence-corrected chi connectivity index (χ4v) is 3.98. The molecule has 0 saturated carbocycles. The normalized spacial score (nSPS) is 12.5. The van der Waals surface area contributed by atoms with Crippen LogP contribution in [0.1, 0.15) is 27.8 Å². The Morgan fingerprint density at radius 2 is 1.84 bits per heavy atom.